The molecule has 0 aliphatic rings. The number of hydrogen-bond acceptors (Lipinski definition) is 4. The van der Waals surface area contributed by atoms with Crippen LogP contribution in [0.2, 0.25) is 0 Å². The zero-order chi connectivity index (χ0) is 23.8. The second-order valence-electron chi connectivity index (χ2n) is 7.74. The van der Waals surface area contributed by atoms with Gasteiger partial charge in [-0.3, -0.25) is 14.5 Å². The van der Waals surface area contributed by atoms with Crippen LogP contribution in [0.25, 0.3) is 0 Å². The minimum absolute atomic E-state index is 0.0550. The van der Waals surface area contributed by atoms with Crippen molar-refractivity contribution in [3.63, 3.8) is 0 Å². The standard InChI is InChI=1S/C26H28FN3O3/c1-18(19-8-12-21(27)13-9-19)30(2)17-16-25(31)28-22-14-10-20(11-15-22)26(32)29-23-6-4-5-7-24(23)33-3/h4-15,18H,16-17H2,1-3H3,(H,28,31)(H,29,32). The van der Waals surface area contributed by atoms with Gasteiger partial charge in [-0.05, 0) is 68.1 Å². The Bertz CT molecular complexity index is 1080. The van der Waals surface area contributed by atoms with Crippen molar-refractivity contribution >= 4 is 23.2 Å². The maximum atomic E-state index is 13.1. The van der Waals surface area contributed by atoms with Crippen LogP contribution in [0.4, 0.5) is 15.8 Å². The molecule has 172 valence electrons. The van der Waals surface area contributed by atoms with Crippen molar-refractivity contribution in [1.82, 2.24) is 4.90 Å². The average Bonchev–Trinajstić information content (AvgIpc) is 2.83. The molecule has 0 saturated heterocycles. The number of amides is 2. The lowest BCUT2D eigenvalue weighted by Gasteiger charge is -2.24. The number of nitrogens with zero attached hydrogens (tertiary/aromatic N) is 1. The van der Waals surface area contributed by atoms with Crippen LogP contribution in [0, 0.1) is 5.82 Å². The maximum absolute atomic E-state index is 13.1. The first-order valence-corrected chi connectivity index (χ1v) is 10.7. The first-order valence-electron chi connectivity index (χ1n) is 10.7. The highest BCUT2D eigenvalue weighted by atomic mass is 19.1. The smallest absolute Gasteiger partial charge is 0.255 e. The largest absolute Gasteiger partial charge is 0.495 e. The van der Waals surface area contributed by atoms with Crippen molar-refractivity contribution < 1.29 is 18.7 Å². The van der Waals surface area contributed by atoms with Crippen LogP contribution in [0.15, 0.2) is 72.8 Å². The van der Waals surface area contributed by atoms with Gasteiger partial charge >= 0.3 is 0 Å². The van der Waals surface area contributed by atoms with E-state index in [1.165, 1.54) is 12.1 Å². The van der Waals surface area contributed by atoms with Gasteiger partial charge in [-0.2, -0.15) is 0 Å². The highest BCUT2D eigenvalue weighted by molar-refractivity contribution is 6.05. The van der Waals surface area contributed by atoms with Gasteiger partial charge in [0.15, 0.2) is 0 Å². The molecule has 1 unspecified atom stereocenters. The minimum Gasteiger partial charge on any atom is -0.495 e. The van der Waals surface area contributed by atoms with E-state index in [1.54, 1.807) is 55.6 Å². The molecule has 0 spiro atoms. The van der Waals surface area contributed by atoms with E-state index in [-0.39, 0.29) is 23.7 Å². The van der Waals surface area contributed by atoms with Gasteiger partial charge in [0.1, 0.15) is 11.6 Å². The second-order valence-corrected chi connectivity index (χ2v) is 7.74. The molecule has 3 rings (SSSR count). The van der Waals surface area contributed by atoms with E-state index < -0.39 is 0 Å². The number of halogens is 1. The van der Waals surface area contributed by atoms with E-state index in [0.717, 1.165) is 5.56 Å². The first kappa shape index (κ1) is 23.9. The Kier molecular flexibility index (Phi) is 8.16. The SMILES string of the molecule is COc1ccccc1NC(=O)c1ccc(NC(=O)CCN(C)C(C)c2ccc(F)cc2)cc1. The predicted octanol–water partition coefficient (Wildman–Crippen LogP) is 5.11. The fourth-order valence-corrected chi connectivity index (χ4v) is 3.34. The van der Waals surface area contributed by atoms with Crippen LogP contribution in [-0.4, -0.2) is 37.4 Å². The third-order valence-electron chi connectivity index (χ3n) is 5.49. The maximum Gasteiger partial charge on any atom is 0.255 e. The van der Waals surface area contributed by atoms with Crippen molar-refractivity contribution in [1.29, 1.82) is 0 Å². The average molecular weight is 450 g/mol. The fourth-order valence-electron chi connectivity index (χ4n) is 3.34. The number of rotatable bonds is 9. The minimum atomic E-state index is -0.270. The third kappa shape index (κ3) is 6.63. The normalized spacial score (nSPS) is 11.7. The molecule has 33 heavy (non-hydrogen) atoms. The molecule has 0 bridgehead atoms. The summed E-state index contributed by atoms with van der Waals surface area (Å²) in [5, 5.41) is 5.67. The van der Waals surface area contributed by atoms with Crippen molar-refractivity contribution in [3.05, 3.63) is 89.7 Å². The zero-order valence-electron chi connectivity index (χ0n) is 19.0. The summed E-state index contributed by atoms with van der Waals surface area (Å²) in [6.45, 7) is 2.56. The first-order chi connectivity index (χ1) is 15.9. The van der Waals surface area contributed by atoms with E-state index in [9.17, 15) is 14.0 Å². The molecule has 7 heteroatoms. The van der Waals surface area contributed by atoms with E-state index >= 15 is 0 Å². The molecular formula is C26H28FN3O3. The summed E-state index contributed by atoms with van der Waals surface area (Å²) in [5.41, 5.74) is 2.65. The summed E-state index contributed by atoms with van der Waals surface area (Å²) < 4.78 is 18.4. The van der Waals surface area contributed by atoms with E-state index in [2.05, 4.69) is 10.6 Å². The number of benzene rings is 3. The molecule has 3 aromatic rings. The number of methoxy groups -OCH3 is 1. The molecule has 2 N–H and O–H groups in total. The molecule has 0 aliphatic heterocycles. The van der Waals surface area contributed by atoms with Gasteiger partial charge in [0.2, 0.25) is 5.91 Å². The highest BCUT2D eigenvalue weighted by Crippen LogP contribution is 2.24. The number of para-hydroxylation sites is 2. The van der Waals surface area contributed by atoms with Gasteiger partial charge in [-0.25, -0.2) is 4.39 Å². The Morgan fingerprint density at radius 3 is 2.30 bits per heavy atom. The van der Waals surface area contributed by atoms with Crippen LogP contribution in [0.1, 0.15) is 35.3 Å². The van der Waals surface area contributed by atoms with Gasteiger partial charge in [0, 0.05) is 30.3 Å². The van der Waals surface area contributed by atoms with Crippen LogP contribution >= 0.6 is 0 Å². The summed E-state index contributed by atoms with van der Waals surface area (Å²) in [4.78, 5) is 26.9. The molecule has 0 radical (unpaired) electrons. The van der Waals surface area contributed by atoms with Crippen LogP contribution in [-0.2, 0) is 4.79 Å². The number of anilines is 2. The molecule has 0 heterocycles. The molecule has 0 saturated carbocycles. The summed E-state index contributed by atoms with van der Waals surface area (Å²) >= 11 is 0. The third-order valence-corrected chi connectivity index (χ3v) is 5.49. The fraction of sp³-hybridized carbons (Fsp3) is 0.231. The van der Waals surface area contributed by atoms with Gasteiger partial charge < -0.3 is 15.4 Å². The molecule has 3 aromatic carbocycles. The van der Waals surface area contributed by atoms with Gasteiger partial charge in [-0.15, -0.1) is 0 Å². The Morgan fingerprint density at radius 2 is 1.64 bits per heavy atom. The topological polar surface area (TPSA) is 70.7 Å². The highest BCUT2D eigenvalue weighted by Gasteiger charge is 2.14. The number of nitrogens with one attached hydrogen (secondary N) is 2. The Balaban J connectivity index is 1.50. The van der Waals surface area contributed by atoms with Crippen molar-refractivity contribution in [2.24, 2.45) is 0 Å². The summed E-state index contributed by atoms with van der Waals surface area (Å²) in [6, 6.07) is 20.3. The number of hydrogen-bond donors (Lipinski definition) is 2. The zero-order valence-corrected chi connectivity index (χ0v) is 19.0. The molecule has 2 amide bonds. The molecule has 1 atom stereocenters. The number of ether oxygens (including phenoxy) is 1. The second kappa shape index (κ2) is 11.2. The Labute approximate surface area is 193 Å². The number of carbonyl (C=O) groups is 2. The molecular weight excluding hydrogens is 421 g/mol. The van der Waals surface area contributed by atoms with Gasteiger partial charge in [0.25, 0.3) is 5.91 Å². The summed E-state index contributed by atoms with van der Waals surface area (Å²) in [6.07, 6.45) is 0.304. The monoisotopic (exact) mass is 449 g/mol. The lowest BCUT2D eigenvalue weighted by molar-refractivity contribution is -0.116. The van der Waals surface area contributed by atoms with Gasteiger partial charge in [0.05, 0.1) is 12.8 Å². The molecule has 0 fully saturated rings. The molecule has 0 aromatic heterocycles. The lowest BCUT2D eigenvalue weighted by Crippen LogP contribution is -2.27. The van der Waals surface area contributed by atoms with E-state index in [1.807, 2.05) is 31.0 Å². The summed E-state index contributed by atoms with van der Waals surface area (Å²) in [7, 11) is 3.47. The van der Waals surface area contributed by atoms with Crippen molar-refractivity contribution in [3.8, 4) is 5.75 Å². The van der Waals surface area contributed by atoms with Crippen molar-refractivity contribution in [2.75, 3.05) is 31.3 Å². The quantitative estimate of drug-likeness (QED) is 0.476. The van der Waals surface area contributed by atoms with E-state index in [4.69, 9.17) is 4.74 Å². The molecule has 0 aliphatic carbocycles. The number of carbonyl (C=O) groups excluding carboxylic acids is 2. The lowest BCUT2D eigenvalue weighted by atomic mass is 10.1. The van der Waals surface area contributed by atoms with Crippen LogP contribution in [0.3, 0.4) is 0 Å². The van der Waals surface area contributed by atoms with Crippen molar-refractivity contribution in [2.45, 2.75) is 19.4 Å². The summed E-state index contributed by atoms with van der Waals surface area (Å²) in [5.74, 6) is -0.0853. The van der Waals surface area contributed by atoms with E-state index in [0.29, 0.717) is 35.7 Å². The van der Waals surface area contributed by atoms with Crippen LogP contribution in [0.5, 0.6) is 5.75 Å². The Hall–Kier alpha value is -3.71. The molecule has 6 nitrogen and oxygen atoms in total. The Morgan fingerprint density at radius 1 is 0.970 bits per heavy atom. The van der Waals surface area contributed by atoms with Gasteiger partial charge in [-0.1, -0.05) is 24.3 Å². The van der Waals surface area contributed by atoms with Crippen LogP contribution < -0.4 is 15.4 Å². The predicted molar refractivity (Wildman–Crippen MR) is 128 cm³/mol.